The largest absolute Gasteiger partial charge is 0.444 e. The SMILES string of the molecule is Cc1ccc(S(=O)(=O)Nc2cccc(CN3CCN(C(=O)OC(C)(C)C)CC3)c2)cc1. The van der Waals surface area contributed by atoms with Gasteiger partial charge in [0.1, 0.15) is 5.60 Å². The highest BCUT2D eigenvalue weighted by atomic mass is 32.2. The lowest BCUT2D eigenvalue weighted by Crippen LogP contribution is -2.49. The summed E-state index contributed by atoms with van der Waals surface area (Å²) in [5.41, 5.74) is 2.05. The van der Waals surface area contributed by atoms with Crippen molar-refractivity contribution in [1.82, 2.24) is 9.80 Å². The highest BCUT2D eigenvalue weighted by Crippen LogP contribution is 2.19. The Morgan fingerprint density at radius 2 is 1.68 bits per heavy atom. The van der Waals surface area contributed by atoms with Crippen molar-refractivity contribution in [2.45, 2.75) is 44.7 Å². The predicted molar refractivity (Wildman–Crippen MR) is 122 cm³/mol. The molecule has 0 radical (unpaired) electrons. The Labute approximate surface area is 185 Å². The molecule has 0 bridgehead atoms. The molecular weight excluding hydrogens is 414 g/mol. The average Bonchev–Trinajstić information content (AvgIpc) is 2.67. The molecule has 0 atom stereocenters. The minimum absolute atomic E-state index is 0.238. The van der Waals surface area contributed by atoms with Gasteiger partial charge in [0.15, 0.2) is 0 Å². The molecular formula is C23H31N3O4S. The van der Waals surface area contributed by atoms with Gasteiger partial charge in [0.05, 0.1) is 4.90 Å². The van der Waals surface area contributed by atoms with Crippen molar-refractivity contribution in [3.8, 4) is 0 Å². The second kappa shape index (κ2) is 9.28. The molecule has 1 heterocycles. The summed E-state index contributed by atoms with van der Waals surface area (Å²) in [5, 5.41) is 0. The van der Waals surface area contributed by atoms with Crippen LogP contribution in [0.5, 0.6) is 0 Å². The van der Waals surface area contributed by atoms with E-state index in [1.165, 1.54) is 0 Å². The number of carbonyl (C=O) groups is 1. The number of hydrogen-bond acceptors (Lipinski definition) is 5. The van der Waals surface area contributed by atoms with Gasteiger partial charge in [-0.15, -0.1) is 0 Å². The van der Waals surface area contributed by atoms with E-state index in [0.29, 0.717) is 25.3 Å². The van der Waals surface area contributed by atoms with Gasteiger partial charge in [-0.3, -0.25) is 9.62 Å². The van der Waals surface area contributed by atoms with Crippen molar-refractivity contribution >= 4 is 21.8 Å². The van der Waals surface area contributed by atoms with Gasteiger partial charge in [-0.25, -0.2) is 13.2 Å². The number of amides is 1. The quantitative estimate of drug-likeness (QED) is 0.756. The first-order chi connectivity index (χ1) is 14.5. The van der Waals surface area contributed by atoms with Crippen molar-refractivity contribution in [1.29, 1.82) is 0 Å². The number of ether oxygens (including phenoxy) is 1. The number of rotatable bonds is 5. The van der Waals surface area contributed by atoms with E-state index < -0.39 is 15.6 Å². The van der Waals surface area contributed by atoms with E-state index in [4.69, 9.17) is 4.74 Å². The second-order valence-corrected chi connectivity index (χ2v) is 10.5. The fraction of sp³-hybridized carbons (Fsp3) is 0.435. The molecule has 0 aromatic heterocycles. The zero-order chi connectivity index (χ0) is 22.6. The van der Waals surface area contributed by atoms with Gasteiger partial charge in [0.2, 0.25) is 0 Å². The molecule has 3 rings (SSSR count). The topological polar surface area (TPSA) is 79.0 Å². The Bertz CT molecular complexity index is 1010. The maximum atomic E-state index is 12.6. The van der Waals surface area contributed by atoms with E-state index in [1.807, 2.05) is 45.9 Å². The smallest absolute Gasteiger partial charge is 0.410 e. The summed E-state index contributed by atoms with van der Waals surface area (Å²) < 4.78 is 33.4. The summed E-state index contributed by atoms with van der Waals surface area (Å²) in [4.78, 5) is 16.4. The van der Waals surface area contributed by atoms with Crippen LogP contribution in [0.15, 0.2) is 53.4 Å². The molecule has 31 heavy (non-hydrogen) atoms. The molecule has 0 unspecified atom stereocenters. The van der Waals surface area contributed by atoms with Crippen molar-refractivity contribution in [2.75, 3.05) is 30.9 Å². The number of sulfonamides is 1. The first-order valence-corrected chi connectivity index (χ1v) is 11.9. The van der Waals surface area contributed by atoms with Crippen LogP contribution >= 0.6 is 0 Å². The molecule has 1 aliphatic rings. The van der Waals surface area contributed by atoms with Crippen molar-refractivity contribution in [3.05, 3.63) is 59.7 Å². The maximum absolute atomic E-state index is 12.6. The van der Waals surface area contributed by atoms with E-state index >= 15 is 0 Å². The predicted octanol–water partition coefficient (Wildman–Crippen LogP) is 3.85. The van der Waals surface area contributed by atoms with Crippen molar-refractivity contribution < 1.29 is 17.9 Å². The molecule has 1 saturated heterocycles. The molecule has 8 heteroatoms. The Hall–Kier alpha value is -2.58. The third kappa shape index (κ3) is 6.70. The van der Waals surface area contributed by atoms with Gasteiger partial charge in [-0.2, -0.15) is 0 Å². The lowest BCUT2D eigenvalue weighted by atomic mass is 10.2. The number of aryl methyl sites for hydroxylation is 1. The number of hydrogen-bond donors (Lipinski definition) is 1. The van der Waals surface area contributed by atoms with Crippen LogP contribution in [0.3, 0.4) is 0 Å². The van der Waals surface area contributed by atoms with Crippen LogP contribution in [-0.4, -0.2) is 56.1 Å². The van der Waals surface area contributed by atoms with E-state index in [-0.39, 0.29) is 11.0 Å². The summed E-state index contributed by atoms with van der Waals surface area (Å²) in [6.07, 6.45) is -0.278. The number of anilines is 1. The minimum atomic E-state index is -3.63. The minimum Gasteiger partial charge on any atom is -0.444 e. The number of piperazine rings is 1. The monoisotopic (exact) mass is 445 g/mol. The van der Waals surface area contributed by atoms with Crippen LogP contribution in [0.1, 0.15) is 31.9 Å². The fourth-order valence-electron chi connectivity index (χ4n) is 3.34. The molecule has 0 aliphatic carbocycles. The van der Waals surface area contributed by atoms with Gasteiger partial charge in [0.25, 0.3) is 10.0 Å². The molecule has 1 fully saturated rings. The molecule has 1 aliphatic heterocycles. The van der Waals surface area contributed by atoms with Crippen LogP contribution in [0, 0.1) is 6.92 Å². The molecule has 0 saturated carbocycles. The summed E-state index contributed by atoms with van der Waals surface area (Å²) in [6, 6.07) is 14.2. The Morgan fingerprint density at radius 3 is 2.29 bits per heavy atom. The Kier molecular flexibility index (Phi) is 6.91. The molecule has 2 aromatic rings. The zero-order valence-electron chi connectivity index (χ0n) is 18.6. The first-order valence-electron chi connectivity index (χ1n) is 10.4. The summed E-state index contributed by atoms with van der Waals surface area (Å²) in [6.45, 7) is 10.9. The number of nitrogens with zero attached hydrogens (tertiary/aromatic N) is 2. The number of carbonyl (C=O) groups excluding carboxylic acids is 1. The number of nitrogens with one attached hydrogen (secondary N) is 1. The summed E-state index contributed by atoms with van der Waals surface area (Å²) >= 11 is 0. The Balaban J connectivity index is 1.58. The molecule has 7 nitrogen and oxygen atoms in total. The van der Waals surface area contributed by atoms with Gasteiger partial charge in [0, 0.05) is 38.4 Å². The van der Waals surface area contributed by atoms with E-state index in [9.17, 15) is 13.2 Å². The van der Waals surface area contributed by atoms with Gasteiger partial charge in [-0.05, 0) is 57.5 Å². The number of benzene rings is 2. The Morgan fingerprint density at radius 1 is 1.03 bits per heavy atom. The highest BCUT2D eigenvalue weighted by molar-refractivity contribution is 7.92. The lowest BCUT2D eigenvalue weighted by Gasteiger charge is -2.35. The van der Waals surface area contributed by atoms with Crippen LogP contribution in [0.25, 0.3) is 0 Å². The molecule has 1 amide bonds. The van der Waals surface area contributed by atoms with Crippen LogP contribution < -0.4 is 4.72 Å². The zero-order valence-corrected chi connectivity index (χ0v) is 19.4. The highest BCUT2D eigenvalue weighted by Gasteiger charge is 2.25. The molecule has 0 spiro atoms. The molecule has 168 valence electrons. The van der Waals surface area contributed by atoms with Crippen LogP contribution in [-0.2, 0) is 21.3 Å². The van der Waals surface area contributed by atoms with E-state index in [0.717, 1.165) is 24.2 Å². The van der Waals surface area contributed by atoms with Crippen molar-refractivity contribution in [2.24, 2.45) is 0 Å². The normalized spacial score (nSPS) is 15.5. The standard InChI is InChI=1S/C23H31N3O4S/c1-18-8-10-21(11-9-18)31(28,29)24-20-7-5-6-19(16-20)17-25-12-14-26(15-13-25)22(27)30-23(2,3)4/h5-11,16,24H,12-15,17H2,1-4H3. The molecule has 1 N–H and O–H groups in total. The summed E-state index contributed by atoms with van der Waals surface area (Å²) in [7, 11) is -3.63. The van der Waals surface area contributed by atoms with Gasteiger partial charge < -0.3 is 9.64 Å². The lowest BCUT2D eigenvalue weighted by molar-refractivity contribution is 0.0139. The third-order valence-electron chi connectivity index (χ3n) is 4.94. The maximum Gasteiger partial charge on any atom is 0.410 e. The van der Waals surface area contributed by atoms with E-state index in [1.54, 1.807) is 35.2 Å². The average molecular weight is 446 g/mol. The second-order valence-electron chi connectivity index (χ2n) is 8.86. The van der Waals surface area contributed by atoms with Gasteiger partial charge in [-0.1, -0.05) is 29.8 Å². The summed E-state index contributed by atoms with van der Waals surface area (Å²) in [5.74, 6) is 0. The third-order valence-corrected chi connectivity index (χ3v) is 6.34. The van der Waals surface area contributed by atoms with Crippen LogP contribution in [0.4, 0.5) is 10.5 Å². The van der Waals surface area contributed by atoms with Crippen LogP contribution in [0.2, 0.25) is 0 Å². The van der Waals surface area contributed by atoms with Gasteiger partial charge >= 0.3 is 6.09 Å². The van der Waals surface area contributed by atoms with E-state index in [2.05, 4.69) is 9.62 Å². The molecule has 2 aromatic carbocycles. The van der Waals surface area contributed by atoms with Crippen molar-refractivity contribution in [3.63, 3.8) is 0 Å². The first kappa shape index (κ1) is 23.1. The fourth-order valence-corrected chi connectivity index (χ4v) is 4.39.